The van der Waals surface area contributed by atoms with E-state index in [1.54, 1.807) is 0 Å². The van der Waals surface area contributed by atoms with Crippen molar-refractivity contribution in [3.8, 4) is 0 Å². The first kappa shape index (κ1) is 11.1. The lowest BCUT2D eigenvalue weighted by atomic mass is 10.2. The highest BCUT2D eigenvalue weighted by Gasteiger charge is 2.32. The van der Waals surface area contributed by atoms with Gasteiger partial charge < -0.3 is 0 Å². The van der Waals surface area contributed by atoms with Crippen LogP contribution in [0.15, 0.2) is 0 Å². The third kappa shape index (κ3) is 4.83. The van der Waals surface area contributed by atoms with E-state index < -0.39 is 6.00 Å². The van der Waals surface area contributed by atoms with Gasteiger partial charge in [0.2, 0.25) is 0 Å². The van der Waals surface area contributed by atoms with E-state index in [0.717, 1.165) is 6.42 Å². The molecule has 0 amide bonds. The van der Waals surface area contributed by atoms with Gasteiger partial charge in [0.05, 0.1) is 0 Å². The molecule has 0 aliphatic rings. The van der Waals surface area contributed by atoms with Gasteiger partial charge >= 0.3 is 6.00 Å². The van der Waals surface area contributed by atoms with Crippen LogP contribution in [0.4, 0.5) is 0 Å². The van der Waals surface area contributed by atoms with Crippen LogP contribution in [0.1, 0.15) is 33.1 Å². The normalized spacial score (nSPS) is 15.3. The first-order valence-corrected chi connectivity index (χ1v) is 8.66. The summed E-state index contributed by atoms with van der Waals surface area (Å²) in [5.41, 5.74) is 0.303. The number of halogens is 3. The molecule has 0 fully saturated rings. The molecular formula is C6H13Cl3Si. The van der Waals surface area contributed by atoms with Crippen molar-refractivity contribution in [1.82, 2.24) is 0 Å². The Morgan fingerprint density at radius 2 is 1.80 bits per heavy atom. The molecule has 0 bridgehead atoms. The number of rotatable bonds is 4. The average Bonchev–Trinajstić information content (AvgIpc) is 1.80. The smallest absolute Gasteiger partial charge is 0.126 e. The molecule has 0 radical (unpaired) electrons. The summed E-state index contributed by atoms with van der Waals surface area (Å²) in [6.45, 7) is 4.17. The predicted octanol–water partition coefficient (Wildman–Crippen LogP) is 4.22. The van der Waals surface area contributed by atoms with Gasteiger partial charge in [-0.1, -0.05) is 26.7 Å². The SMILES string of the molecule is CCCCC(C)[Si](Cl)(Cl)Cl. The van der Waals surface area contributed by atoms with Gasteiger partial charge in [0.1, 0.15) is 0 Å². The fraction of sp³-hybridized carbons (Fsp3) is 1.00. The largest absolute Gasteiger partial charge is 0.344 e. The lowest BCUT2D eigenvalue weighted by Crippen LogP contribution is -2.16. The maximum Gasteiger partial charge on any atom is 0.344 e. The molecule has 0 aromatic carbocycles. The Balaban J connectivity index is 3.52. The fourth-order valence-electron chi connectivity index (χ4n) is 0.674. The van der Waals surface area contributed by atoms with Crippen LogP contribution in [0.5, 0.6) is 0 Å². The Kier molecular flexibility index (Phi) is 5.39. The molecule has 10 heavy (non-hydrogen) atoms. The van der Waals surface area contributed by atoms with Gasteiger partial charge in [-0.2, -0.15) is 0 Å². The van der Waals surface area contributed by atoms with E-state index in [1.165, 1.54) is 12.8 Å². The quantitative estimate of drug-likeness (QED) is 0.491. The van der Waals surface area contributed by atoms with Crippen molar-refractivity contribution in [2.45, 2.75) is 38.7 Å². The number of hydrogen-bond acceptors (Lipinski definition) is 0. The van der Waals surface area contributed by atoms with E-state index >= 15 is 0 Å². The van der Waals surface area contributed by atoms with Crippen molar-refractivity contribution in [1.29, 1.82) is 0 Å². The second kappa shape index (κ2) is 4.86. The van der Waals surface area contributed by atoms with Crippen molar-refractivity contribution in [3.63, 3.8) is 0 Å². The summed E-state index contributed by atoms with van der Waals surface area (Å²) in [4.78, 5) is 0. The van der Waals surface area contributed by atoms with E-state index in [-0.39, 0.29) is 0 Å². The van der Waals surface area contributed by atoms with Crippen LogP contribution < -0.4 is 0 Å². The minimum absolute atomic E-state index is 0.303. The van der Waals surface area contributed by atoms with Crippen LogP contribution in [0.3, 0.4) is 0 Å². The third-order valence-electron chi connectivity index (χ3n) is 1.55. The molecule has 1 atom stereocenters. The van der Waals surface area contributed by atoms with Crippen molar-refractivity contribution in [2.75, 3.05) is 0 Å². The van der Waals surface area contributed by atoms with Gasteiger partial charge in [0.15, 0.2) is 0 Å². The van der Waals surface area contributed by atoms with Gasteiger partial charge in [-0.25, -0.2) is 0 Å². The Hall–Kier alpha value is 1.09. The molecule has 0 N–H and O–H groups in total. The molecule has 0 aliphatic carbocycles. The highest BCUT2D eigenvalue weighted by atomic mass is 35.8. The maximum absolute atomic E-state index is 5.79. The minimum atomic E-state index is -2.38. The molecule has 0 aromatic heterocycles. The lowest BCUT2D eigenvalue weighted by Gasteiger charge is -2.16. The molecule has 62 valence electrons. The second-order valence-electron chi connectivity index (χ2n) is 2.58. The molecule has 0 aliphatic heterocycles. The summed E-state index contributed by atoms with van der Waals surface area (Å²) in [5, 5.41) is 0. The first-order valence-electron chi connectivity index (χ1n) is 3.55. The highest BCUT2D eigenvalue weighted by Crippen LogP contribution is 2.36. The van der Waals surface area contributed by atoms with E-state index in [9.17, 15) is 0 Å². The van der Waals surface area contributed by atoms with Gasteiger partial charge in [-0.3, -0.25) is 0 Å². The van der Waals surface area contributed by atoms with Gasteiger partial charge in [0.25, 0.3) is 0 Å². The summed E-state index contributed by atoms with van der Waals surface area (Å²) >= 11 is 17.4. The minimum Gasteiger partial charge on any atom is -0.126 e. The third-order valence-corrected chi connectivity index (χ3v) is 6.31. The van der Waals surface area contributed by atoms with Crippen LogP contribution in [-0.2, 0) is 0 Å². The summed E-state index contributed by atoms with van der Waals surface area (Å²) in [5.74, 6) is 0. The van der Waals surface area contributed by atoms with E-state index in [4.69, 9.17) is 33.2 Å². The summed E-state index contributed by atoms with van der Waals surface area (Å²) in [7, 11) is 0. The second-order valence-corrected chi connectivity index (χ2v) is 11.8. The molecule has 0 saturated heterocycles. The summed E-state index contributed by atoms with van der Waals surface area (Å²) in [6, 6.07) is -2.38. The summed E-state index contributed by atoms with van der Waals surface area (Å²) in [6.07, 6.45) is 3.40. The monoisotopic (exact) mass is 218 g/mol. The predicted molar refractivity (Wildman–Crippen MR) is 52.3 cm³/mol. The Bertz CT molecular complexity index is 89.5. The van der Waals surface area contributed by atoms with Crippen molar-refractivity contribution >= 4 is 39.2 Å². The zero-order valence-corrected chi connectivity index (χ0v) is 9.60. The molecule has 0 spiro atoms. The molecule has 0 nitrogen and oxygen atoms in total. The Morgan fingerprint density at radius 3 is 2.10 bits per heavy atom. The molecule has 0 rings (SSSR count). The standard InChI is InChI=1S/C6H13Cl3Si/c1-3-4-5-6(2)10(7,8)9/h6H,3-5H2,1-2H3. The molecular weight excluding hydrogens is 207 g/mol. The van der Waals surface area contributed by atoms with Crippen LogP contribution in [-0.4, -0.2) is 6.00 Å². The van der Waals surface area contributed by atoms with Gasteiger partial charge in [-0.05, 0) is 12.0 Å². The fourth-order valence-corrected chi connectivity index (χ4v) is 2.19. The first-order chi connectivity index (χ1) is 4.48. The van der Waals surface area contributed by atoms with E-state index in [2.05, 4.69) is 6.92 Å². The van der Waals surface area contributed by atoms with Crippen molar-refractivity contribution < 1.29 is 0 Å². The van der Waals surface area contributed by atoms with E-state index in [1.807, 2.05) is 6.92 Å². The lowest BCUT2D eigenvalue weighted by molar-refractivity contribution is 0.696. The number of unbranched alkanes of at least 4 members (excludes halogenated alkanes) is 1. The Morgan fingerprint density at radius 1 is 1.30 bits per heavy atom. The molecule has 4 heteroatoms. The van der Waals surface area contributed by atoms with Crippen LogP contribution in [0, 0.1) is 0 Å². The van der Waals surface area contributed by atoms with Crippen molar-refractivity contribution in [3.05, 3.63) is 0 Å². The molecule has 0 saturated carbocycles. The molecule has 0 aromatic rings. The summed E-state index contributed by atoms with van der Waals surface area (Å²) < 4.78 is 0. The zero-order valence-electron chi connectivity index (χ0n) is 6.33. The zero-order chi connectivity index (χ0) is 8.20. The maximum atomic E-state index is 5.79. The van der Waals surface area contributed by atoms with Crippen LogP contribution in [0.25, 0.3) is 0 Å². The number of hydrogen-bond donors (Lipinski definition) is 0. The topological polar surface area (TPSA) is 0 Å². The average molecular weight is 220 g/mol. The van der Waals surface area contributed by atoms with Crippen LogP contribution in [0.2, 0.25) is 5.54 Å². The van der Waals surface area contributed by atoms with Crippen molar-refractivity contribution in [2.24, 2.45) is 0 Å². The Labute approximate surface area is 78.0 Å². The molecule has 0 heterocycles. The van der Waals surface area contributed by atoms with Gasteiger partial charge in [0, 0.05) is 0 Å². The highest BCUT2D eigenvalue weighted by molar-refractivity contribution is 7.65. The molecule has 1 unspecified atom stereocenters. The van der Waals surface area contributed by atoms with E-state index in [0.29, 0.717) is 5.54 Å². The van der Waals surface area contributed by atoms with Crippen LogP contribution >= 0.6 is 33.2 Å². The van der Waals surface area contributed by atoms with Gasteiger partial charge in [-0.15, -0.1) is 33.2 Å².